The van der Waals surface area contributed by atoms with E-state index in [0.717, 1.165) is 11.1 Å². The summed E-state index contributed by atoms with van der Waals surface area (Å²) >= 11 is 0. The molecule has 26 heavy (non-hydrogen) atoms. The summed E-state index contributed by atoms with van der Waals surface area (Å²) in [5.74, 6) is -0.0861. The Bertz CT molecular complexity index is 492. The predicted octanol–water partition coefficient (Wildman–Crippen LogP) is 3.91. The summed E-state index contributed by atoms with van der Waals surface area (Å²) in [6.07, 6.45) is 2.08. The van der Waals surface area contributed by atoms with Crippen LogP contribution in [0, 0.1) is 23.7 Å². The summed E-state index contributed by atoms with van der Waals surface area (Å²) in [7, 11) is 0. The Morgan fingerprint density at radius 3 is 1.50 bits per heavy atom. The molecule has 0 aliphatic rings. The number of hydrogen-bond donors (Lipinski definition) is 1. The van der Waals surface area contributed by atoms with Crippen molar-refractivity contribution in [2.75, 3.05) is 13.2 Å². The number of ether oxygens (including phenoxy) is 2. The lowest BCUT2D eigenvalue weighted by Crippen LogP contribution is -2.28. The van der Waals surface area contributed by atoms with Gasteiger partial charge in [-0.25, -0.2) is 9.59 Å². The van der Waals surface area contributed by atoms with Gasteiger partial charge in [0, 0.05) is 12.2 Å². The van der Waals surface area contributed by atoms with Gasteiger partial charge in [-0.3, -0.25) is 0 Å². The Morgan fingerprint density at radius 2 is 1.15 bits per heavy atom. The van der Waals surface area contributed by atoms with E-state index in [1.54, 1.807) is 0 Å². The average molecular weight is 369 g/mol. The van der Waals surface area contributed by atoms with Crippen LogP contribution >= 0.6 is 0 Å². The third kappa shape index (κ3) is 9.18. The number of aliphatic hydroxyl groups excluding tert-OH is 1. The molecule has 0 saturated heterocycles. The van der Waals surface area contributed by atoms with Crippen LogP contribution in [0.15, 0.2) is 23.3 Å². The Labute approximate surface area is 158 Å². The van der Waals surface area contributed by atoms with Crippen molar-refractivity contribution in [3.63, 3.8) is 0 Å². The zero-order valence-corrected chi connectivity index (χ0v) is 17.5. The fourth-order valence-electron chi connectivity index (χ4n) is 2.81. The molecule has 0 bridgehead atoms. The molecule has 1 unspecified atom stereocenters. The molecule has 0 aliphatic carbocycles. The van der Waals surface area contributed by atoms with Gasteiger partial charge in [-0.1, -0.05) is 66.5 Å². The van der Waals surface area contributed by atoms with Crippen molar-refractivity contribution < 1.29 is 24.2 Å². The van der Waals surface area contributed by atoms with Crippen LogP contribution in [0.4, 0.5) is 0 Å². The molecule has 0 fully saturated rings. The highest BCUT2D eigenvalue weighted by molar-refractivity contribution is 5.84. The normalized spacial score (nSPS) is 12.3. The van der Waals surface area contributed by atoms with Gasteiger partial charge in [-0.15, -0.1) is 0 Å². The van der Waals surface area contributed by atoms with Crippen molar-refractivity contribution in [3.8, 4) is 0 Å². The van der Waals surface area contributed by atoms with Gasteiger partial charge >= 0.3 is 11.9 Å². The first-order chi connectivity index (χ1) is 12.0. The molecule has 1 atom stereocenters. The Kier molecular flexibility index (Phi) is 11.2. The molecule has 0 amide bonds. The number of carbonyl (C=O) groups excluding carboxylic acids is 2. The zero-order valence-electron chi connectivity index (χ0n) is 17.5. The highest BCUT2D eigenvalue weighted by Gasteiger charge is 2.18. The standard InChI is InChI=1S/C21H36O5/c1-13(2)18(14(3)4)9-20(23)25-12-17(11-22)26-21(24)10-19(15(5)6)16(7)8/h9-10,13-17,22H,11-12H2,1-8H3. The molecule has 0 saturated carbocycles. The van der Waals surface area contributed by atoms with Crippen molar-refractivity contribution in [1.82, 2.24) is 0 Å². The molecule has 5 heteroatoms. The van der Waals surface area contributed by atoms with Crippen LogP contribution in [-0.4, -0.2) is 36.4 Å². The SMILES string of the molecule is CC(C)C(=CC(=O)OCC(CO)OC(=O)C=C(C(C)C)C(C)C)C(C)C. The maximum absolute atomic E-state index is 12.1. The minimum atomic E-state index is -0.877. The maximum Gasteiger partial charge on any atom is 0.331 e. The van der Waals surface area contributed by atoms with Crippen LogP contribution in [0.1, 0.15) is 55.4 Å². The molecule has 1 N–H and O–H groups in total. The summed E-state index contributed by atoms with van der Waals surface area (Å²) < 4.78 is 10.4. The van der Waals surface area contributed by atoms with E-state index in [-0.39, 0.29) is 30.3 Å². The van der Waals surface area contributed by atoms with Gasteiger partial charge in [-0.2, -0.15) is 0 Å². The summed E-state index contributed by atoms with van der Waals surface area (Å²) in [4.78, 5) is 24.1. The largest absolute Gasteiger partial charge is 0.458 e. The van der Waals surface area contributed by atoms with Gasteiger partial charge < -0.3 is 14.6 Å². The second-order valence-electron chi connectivity index (χ2n) is 7.78. The highest BCUT2D eigenvalue weighted by atomic mass is 16.6. The van der Waals surface area contributed by atoms with Crippen molar-refractivity contribution >= 4 is 11.9 Å². The topological polar surface area (TPSA) is 72.8 Å². The quantitative estimate of drug-likeness (QED) is 0.467. The minimum Gasteiger partial charge on any atom is -0.458 e. The number of esters is 2. The Morgan fingerprint density at radius 1 is 0.769 bits per heavy atom. The van der Waals surface area contributed by atoms with Gasteiger partial charge in [0.2, 0.25) is 0 Å². The fourth-order valence-corrected chi connectivity index (χ4v) is 2.81. The molecule has 0 aromatic rings. The monoisotopic (exact) mass is 368 g/mol. The third-order valence-electron chi connectivity index (χ3n) is 4.13. The van der Waals surface area contributed by atoms with Gasteiger partial charge in [0.05, 0.1) is 6.61 Å². The van der Waals surface area contributed by atoms with E-state index < -0.39 is 24.6 Å². The Hall–Kier alpha value is -1.62. The first kappa shape index (κ1) is 24.4. The lowest BCUT2D eigenvalue weighted by Gasteiger charge is -2.18. The van der Waals surface area contributed by atoms with Crippen LogP contribution in [0.5, 0.6) is 0 Å². The van der Waals surface area contributed by atoms with Crippen LogP contribution in [-0.2, 0) is 19.1 Å². The lowest BCUT2D eigenvalue weighted by molar-refractivity contribution is -0.155. The Balaban J connectivity index is 4.83. The number of carbonyl (C=O) groups is 2. The first-order valence-corrected chi connectivity index (χ1v) is 9.40. The lowest BCUT2D eigenvalue weighted by atomic mass is 9.92. The van der Waals surface area contributed by atoms with E-state index in [4.69, 9.17) is 9.47 Å². The van der Waals surface area contributed by atoms with Gasteiger partial charge in [0.1, 0.15) is 6.61 Å². The van der Waals surface area contributed by atoms with E-state index in [0.29, 0.717) is 0 Å². The van der Waals surface area contributed by atoms with Crippen LogP contribution < -0.4 is 0 Å². The van der Waals surface area contributed by atoms with Crippen LogP contribution in [0.2, 0.25) is 0 Å². The number of aliphatic hydroxyl groups is 1. The predicted molar refractivity (Wildman–Crippen MR) is 103 cm³/mol. The van der Waals surface area contributed by atoms with E-state index >= 15 is 0 Å². The molecule has 5 nitrogen and oxygen atoms in total. The molecule has 150 valence electrons. The van der Waals surface area contributed by atoms with Crippen LogP contribution in [0.3, 0.4) is 0 Å². The first-order valence-electron chi connectivity index (χ1n) is 9.40. The highest BCUT2D eigenvalue weighted by Crippen LogP contribution is 2.20. The number of hydrogen-bond acceptors (Lipinski definition) is 5. The van der Waals surface area contributed by atoms with Gasteiger partial charge in [0.15, 0.2) is 6.10 Å². The van der Waals surface area contributed by atoms with Gasteiger partial charge in [0.25, 0.3) is 0 Å². The second-order valence-corrected chi connectivity index (χ2v) is 7.78. The zero-order chi connectivity index (χ0) is 20.4. The fraction of sp³-hybridized carbons (Fsp3) is 0.714. The number of allylic oxidation sites excluding steroid dienone is 2. The van der Waals surface area contributed by atoms with E-state index in [1.807, 2.05) is 55.4 Å². The summed E-state index contributed by atoms with van der Waals surface area (Å²) in [6.45, 7) is 15.5. The summed E-state index contributed by atoms with van der Waals surface area (Å²) in [5.41, 5.74) is 1.97. The molecule has 0 aliphatic heterocycles. The molecule has 0 aromatic carbocycles. The molecule has 0 heterocycles. The van der Waals surface area contributed by atoms with Gasteiger partial charge in [-0.05, 0) is 23.7 Å². The smallest absolute Gasteiger partial charge is 0.331 e. The third-order valence-corrected chi connectivity index (χ3v) is 4.13. The molecular formula is C21H36O5. The van der Waals surface area contributed by atoms with Crippen LogP contribution in [0.25, 0.3) is 0 Å². The van der Waals surface area contributed by atoms with Crippen molar-refractivity contribution in [1.29, 1.82) is 0 Å². The number of rotatable bonds is 10. The second kappa shape index (κ2) is 11.9. The van der Waals surface area contributed by atoms with E-state index in [1.165, 1.54) is 12.2 Å². The molecule has 0 radical (unpaired) electrons. The van der Waals surface area contributed by atoms with Crippen molar-refractivity contribution in [3.05, 3.63) is 23.3 Å². The molecule has 0 rings (SSSR count). The molecular weight excluding hydrogens is 332 g/mol. The minimum absolute atomic E-state index is 0.173. The summed E-state index contributed by atoms with van der Waals surface area (Å²) in [6, 6.07) is 0. The summed E-state index contributed by atoms with van der Waals surface area (Å²) in [5, 5.41) is 9.39. The van der Waals surface area contributed by atoms with E-state index in [9.17, 15) is 14.7 Å². The van der Waals surface area contributed by atoms with E-state index in [2.05, 4.69) is 0 Å². The average Bonchev–Trinajstić information content (AvgIpc) is 2.52. The molecule has 0 spiro atoms. The van der Waals surface area contributed by atoms with Crippen molar-refractivity contribution in [2.24, 2.45) is 23.7 Å². The van der Waals surface area contributed by atoms with Crippen molar-refractivity contribution in [2.45, 2.75) is 61.5 Å². The maximum atomic E-state index is 12.1. The molecule has 0 aromatic heterocycles.